The number of aliphatic hydroxyl groups excluding tert-OH is 1. The fraction of sp³-hybridized carbons (Fsp3) is 0.273. The molecule has 0 amide bonds. The summed E-state index contributed by atoms with van der Waals surface area (Å²) in [4.78, 5) is 22.1. The lowest BCUT2D eigenvalue weighted by molar-refractivity contribution is -0.143. The number of carboxylic acids is 1. The van der Waals surface area contributed by atoms with Gasteiger partial charge in [-0.2, -0.15) is 0 Å². The summed E-state index contributed by atoms with van der Waals surface area (Å²) in [6.45, 7) is 0. The van der Waals surface area contributed by atoms with Gasteiger partial charge in [0.05, 0.1) is 14.2 Å². The fourth-order valence-electron chi connectivity index (χ4n) is 1.31. The van der Waals surface area contributed by atoms with Crippen LogP contribution in [0.1, 0.15) is 10.4 Å². The lowest BCUT2D eigenvalue weighted by Crippen LogP contribution is -2.29. The van der Waals surface area contributed by atoms with E-state index in [0.29, 0.717) is 0 Å². The Balaban J connectivity index is 3.25. The molecule has 0 radical (unpaired) electrons. The highest BCUT2D eigenvalue weighted by Crippen LogP contribution is 2.37. The van der Waals surface area contributed by atoms with Gasteiger partial charge in [0, 0.05) is 5.56 Å². The van der Waals surface area contributed by atoms with Crippen molar-refractivity contribution in [2.24, 2.45) is 0 Å². The molecule has 0 aliphatic carbocycles. The Hall–Kier alpha value is -2.28. The summed E-state index contributed by atoms with van der Waals surface area (Å²) in [6.07, 6.45) is -2.18. The fourth-order valence-corrected chi connectivity index (χ4v) is 1.31. The van der Waals surface area contributed by atoms with Gasteiger partial charge in [0.15, 0.2) is 11.5 Å². The van der Waals surface area contributed by atoms with Gasteiger partial charge in [-0.3, -0.25) is 4.79 Å². The van der Waals surface area contributed by atoms with E-state index in [2.05, 4.69) is 0 Å². The Morgan fingerprint density at radius 1 is 1.17 bits per heavy atom. The molecule has 0 aliphatic heterocycles. The molecule has 7 nitrogen and oxygen atoms in total. The van der Waals surface area contributed by atoms with Crippen LogP contribution in [-0.2, 0) is 4.79 Å². The zero-order valence-corrected chi connectivity index (χ0v) is 9.71. The number of hydrogen-bond donors (Lipinski definition) is 3. The molecular formula is C11H12O7. The summed E-state index contributed by atoms with van der Waals surface area (Å²) in [5, 5.41) is 27.3. The van der Waals surface area contributed by atoms with E-state index in [1.807, 2.05) is 0 Å². The second kappa shape index (κ2) is 5.37. The predicted octanol–water partition coefficient (Wildman–Crippen LogP) is 0.0376. The summed E-state index contributed by atoms with van der Waals surface area (Å²) in [6, 6.07) is 2.23. The first kappa shape index (κ1) is 13.8. The Bertz CT molecular complexity index is 455. The van der Waals surface area contributed by atoms with Gasteiger partial charge in [-0.25, -0.2) is 4.79 Å². The highest BCUT2D eigenvalue weighted by atomic mass is 16.5. The highest BCUT2D eigenvalue weighted by Gasteiger charge is 2.26. The van der Waals surface area contributed by atoms with E-state index in [1.165, 1.54) is 14.2 Å². The van der Waals surface area contributed by atoms with Crippen LogP contribution in [0.5, 0.6) is 17.2 Å². The number of rotatable bonds is 5. The first-order chi connectivity index (χ1) is 8.42. The Morgan fingerprint density at radius 3 is 1.94 bits per heavy atom. The predicted molar refractivity (Wildman–Crippen MR) is 59.2 cm³/mol. The molecule has 1 atom stereocenters. The lowest BCUT2D eigenvalue weighted by atomic mass is 10.0. The van der Waals surface area contributed by atoms with Gasteiger partial charge in [0.25, 0.3) is 0 Å². The summed E-state index contributed by atoms with van der Waals surface area (Å²) >= 11 is 0. The van der Waals surface area contributed by atoms with Crippen LogP contribution in [0, 0.1) is 0 Å². The van der Waals surface area contributed by atoms with E-state index in [-0.39, 0.29) is 22.8 Å². The number of carbonyl (C=O) groups is 2. The van der Waals surface area contributed by atoms with Crippen molar-refractivity contribution in [3.8, 4) is 17.2 Å². The van der Waals surface area contributed by atoms with Crippen LogP contribution >= 0.6 is 0 Å². The quantitative estimate of drug-likeness (QED) is 0.503. The van der Waals surface area contributed by atoms with Gasteiger partial charge in [-0.1, -0.05) is 0 Å². The van der Waals surface area contributed by atoms with Crippen LogP contribution in [0.4, 0.5) is 0 Å². The molecule has 1 unspecified atom stereocenters. The van der Waals surface area contributed by atoms with Crippen molar-refractivity contribution in [1.82, 2.24) is 0 Å². The number of ether oxygens (including phenoxy) is 2. The molecule has 0 aromatic heterocycles. The molecule has 0 spiro atoms. The molecule has 0 aliphatic rings. The third-order valence-electron chi connectivity index (χ3n) is 2.25. The number of carbonyl (C=O) groups excluding carboxylic acids is 1. The average molecular weight is 256 g/mol. The molecule has 0 bridgehead atoms. The third kappa shape index (κ3) is 2.51. The minimum atomic E-state index is -2.18. The number of aromatic hydroxyl groups is 1. The molecule has 1 aromatic rings. The molecule has 7 heteroatoms. The number of methoxy groups -OCH3 is 2. The SMILES string of the molecule is COc1cc(C(=O)C(O)C(=O)O)cc(OC)c1O. The van der Waals surface area contributed by atoms with Crippen molar-refractivity contribution in [2.45, 2.75) is 6.10 Å². The van der Waals surface area contributed by atoms with E-state index in [4.69, 9.17) is 19.7 Å². The number of hydrogen-bond acceptors (Lipinski definition) is 6. The van der Waals surface area contributed by atoms with Gasteiger partial charge in [0.2, 0.25) is 17.6 Å². The normalized spacial score (nSPS) is 11.7. The number of phenols is 1. The number of Topliss-reactive ketones (excluding diaryl/α,β-unsaturated/α-hetero) is 1. The molecule has 0 saturated carbocycles. The third-order valence-corrected chi connectivity index (χ3v) is 2.25. The first-order valence-corrected chi connectivity index (χ1v) is 4.82. The molecular weight excluding hydrogens is 244 g/mol. The summed E-state index contributed by atoms with van der Waals surface area (Å²) in [5.74, 6) is -3.13. The van der Waals surface area contributed by atoms with Crippen molar-refractivity contribution in [3.63, 3.8) is 0 Å². The monoisotopic (exact) mass is 256 g/mol. The molecule has 98 valence electrons. The van der Waals surface area contributed by atoms with Crippen LogP contribution in [0.15, 0.2) is 12.1 Å². The molecule has 0 heterocycles. The van der Waals surface area contributed by atoms with E-state index < -0.39 is 17.9 Å². The zero-order chi connectivity index (χ0) is 13.9. The number of aliphatic hydroxyl groups is 1. The Labute approximate surface area is 102 Å². The Kier molecular flexibility index (Phi) is 4.11. The summed E-state index contributed by atoms with van der Waals surface area (Å²) in [7, 11) is 2.52. The van der Waals surface area contributed by atoms with Crippen LogP contribution in [0.3, 0.4) is 0 Å². The second-order valence-corrected chi connectivity index (χ2v) is 3.33. The Morgan fingerprint density at radius 2 is 1.61 bits per heavy atom. The standard InChI is InChI=1S/C11H12O7/c1-17-6-3-5(4-7(18-2)9(6)13)8(12)10(14)11(15)16/h3-4,10,13-14H,1-2H3,(H,15,16). The molecule has 1 aromatic carbocycles. The minimum absolute atomic E-state index is 0.0599. The number of carboxylic acid groups (broad SMARTS) is 1. The maximum absolute atomic E-state index is 11.6. The maximum Gasteiger partial charge on any atom is 0.340 e. The molecule has 0 saturated heterocycles. The molecule has 18 heavy (non-hydrogen) atoms. The van der Waals surface area contributed by atoms with Crippen molar-refractivity contribution < 1.29 is 34.4 Å². The van der Waals surface area contributed by atoms with E-state index in [1.54, 1.807) is 0 Å². The minimum Gasteiger partial charge on any atom is -0.502 e. The van der Waals surface area contributed by atoms with Gasteiger partial charge >= 0.3 is 5.97 Å². The van der Waals surface area contributed by atoms with Crippen LogP contribution in [0.2, 0.25) is 0 Å². The van der Waals surface area contributed by atoms with Crippen molar-refractivity contribution in [2.75, 3.05) is 14.2 Å². The van der Waals surface area contributed by atoms with Gasteiger partial charge in [-0.05, 0) is 12.1 Å². The van der Waals surface area contributed by atoms with Crippen LogP contribution in [-0.4, -0.2) is 47.4 Å². The number of phenolic OH excluding ortho intramolecular Hbond substituents is 1. The number of ketones is 1. The lowest BCUT2D eigenvalue weighted by Gasteiger charge is -2.11. The van der Waals surface area contributed by atoms with Gasteiger partial charge in [-0.15, -0.1) is 0 Å². The van der Waals surface area contributed by atoms with Gasteiger partial charge < -0.3 is 24.8 Å². The first-order valence-electron chi connectivity index (χ1n) is 4.82. The smallest absolute Gasteiger partial charge is 0.340 e. The van der Waals surface area contributed by atoms with E-state index >= 15 is 0 Å². The molecule has 3 N–H and O–H groups in total. The van der Waals surface area contributed by atoms with Crippen LogP contribution in [0.25, 0.3) is 0 Å². The largest absolute Gasteiger partial charge is 0.502 e. The van der Waals surface area contributed by atoms with Gasteiger partial charge in [0.1, 0.15) is 0 Å². The average Bonchev–Trinajstić information content (AvgIpc) is 2.37. The summed E-state index contributed by atoms with van der Waals surface area (Å²) in [5.41, 5.74) is -0.142. The van der Waals surface area contributed by atoms with Crippen molar-refractivity contribution in [1.29, 1.82) is 0 Å². The second-order valence-electron chi connectivity index (χ2n) is 3.33. The maximum atomic E-state index is 11.6. The summed E-state index contributed by atoms with van der Waals surface area (Å²) < 4.78 is 9.61. The van der Waals surface area contributed by atoms with Crippen LogP contribution < -0.4 is 9.47 Å². The topological polar surface area (TPSA) is 113 Å². The van der Waals surface area contributed by atoms with Crippen molar-refractivity contribution >= 4 is 11.8 Å². The molecule has 0 fully saturated rings. The highest BCUT2D eigenvalue weighted by molar-refractivity contribution is 6.10. The number of benzene rings is 1. The van der Waals surface area contributed by atoms with E-state index in [0.717, 1.165) is 12.1 Å². The number of aliphatic carboxylic acids is 1. The van der Waals surface area contributed by atoms with Crippen molar-refractivity contribution in [3.05, 3.63) is 17.7 Å². The molecule has 1 rings (SSSR count). The zero-order valence-electron chi connectivity index (χ0n) is 9.71. The van der Waals surface area contributed by atoms with E-state index in [9.17, 15) is 14.7 Å².